The summed E-state index contributed by atoms with van der Waals surface area (Å²) < 4.78 is 0. The molecule has 0 atom stereocenters. The molecule has 0 N–H and O–H groups in total. The van der Waals surface area contributed by atoms with E-state index in [4.69, 9.17) is 0 Å². The molecule has 0 aromatic heterocycles. The Bertz CT molecular complexity index is 173. The zero-order valence-electron chi connectivity index (χ0n) is 6.21. The van der Waals surface area contributed by atoms with Gasteiger partial charge in [-0.15, -0.1) is 0 Å². The highest BCUT2D eigenvalue weighted by molar-refractivity contribution is 5.87. The average molecular weight is 136 g/mol. The van der Waals surface area contributed by atoms with Crippen molar-refractivity contribution >= 4 is 5.78 Å². The lowest BCUT2D eigenvalue weighted by molar-refractivity contribution is -0.112. The van der Waals surface area contributed by atoms with Crippen molar-refractivity contribution in [3.05, 3.63) is 24.3 Å². The molecule has 1 nitrogen and oxygen atoms in total. The Morgan fingerprint density at radius 1 is 1.40 bits per heavy atom. The number of allylic oxidation sites excluding steroid dienone is 4. The molecule has 1 saturated carbocycles. The van der Waals surface area contributed by atoms with Crippen LogP contribution in [0.2, 0.25) is 0 Å². The zero-order chi connectivity index (χ0) is 7.40. The van der Waals surface area contributed by atoms with Crippen LogP contribution in [0.25, 0.3) is 0 Å². The molecule has 0 heterocycles. The minimum atomic E-state index is 0.112. The predicted octanol–water partition coefficient (Wildman–Crippen LogP) is 2.10. The summed E-state index contributed by atoms with van der Waals surface area (Å²) in [4.78, 5) is 10.4. The third-order valence-electron chi connectivity index (χ3n) is 1.45. The Hall–Kier alpha value is -0.850. The summed E-state index contributed by atoms with van der Waals surface area (Å²) in [5, 5.41) is 0. The molecule has 0 radical (unpaired) electrons. The molecule has 10 heavy (non-hydrogen) atoms. The summed E-state index contributed by atoms with van der Waals surface area (Å²) in [5.41, 5.74) is 0. The molecule has 1 heteroatoms. The maximum Gasteiger partial charge on any atom is 0.152 e. The molecule has 1 aliphatic carbocycles. The van der Waals surface area contributed by atoms with E-state index in [-0.39, 0.29) is 5.78 Å². The van der Waals surface area contributed by atoms with Gasteiger partial charge in [0.1, 0.15) is 0 Å². The van der Waals surface area contributed by atoms with E-state index in [1.165, 1.54) is 12.8 Å². The average Bonchev–Trinajstić information content (AvgIpc) is 2.62. The molecule has 1 aliphatic rings. The third-order valence-corrected chi connectivity index (χ3v) is 1.45. The number of rotatable bonds is 3. The molecule has 0 bridgehead atoms. The maximum absolute atomic E-state index is 10.4. The number of hydrogen-bond acceptors (Lipinski definition) is 1. The van der Waals surface area contributed by atoms with Crippen molar-refractivity contribution in [1.29, 1.82) is 0 Å². The summed E-state index contributed by atoms with van der Waals surface area (Å²) in [5.74, 6) is 0.914. The van der Waals surface area contributed by atoms with E-state index in [0.717, 1.165) is 5.92 Å². The van der Waals surface area contributed by atoms with E-state index in [9.17, 15) is 4.79 Å². The number of hydrogen-bond donors (Lipinski definition) is 0. The van der Waals surface area contributed by atoms with Gasteiger partial charge in [-0.05, 0) is 31.8 Å². The molecule has 0 aromatic carbocycles. The molecule has 0 saturated heterocycles. The van der Waals surface area contributed by atoms with Crippen LogP contribution in [0.15, 0.2) is 24.3 Å². The van der Waals surface area contributed by atoms with Gasteiger partial charge in [0.25, 0.3) is 0 Å². The van der Waals surface area contributed by atoms with Gasteiger partial charge in [-0.3, -0.25) is 4.79 Å². The van der Waals surface area contributed by atoms with E-state index in [0.29, 0.717) is 0 Å². The van der Waals surface area contributed by atoms with Crippen molar-refractivity contribution in [3.8, 4) is 0 Å². The Morgan fingerprint density at radius 3 is 2.60 bits per heavy atom. The standard InChI is InChI=1S/C9H12O/c1-8(10)4-2-3-5-9-6-7-9/h2-5,9H,6-7H2,1H3/b4-2+,5-3+. The molecule has 1 fully saturated rings. The molecule has 0 aromatic rings. The van der Waals surface area contributed by atoms with Crippen molar-refractivity contribution in [2.45, 2.75) is 19.8 Å². The first-order chi connectivity index (χ1) is 4.79. The molecule has 0 unspecified atom stereocenters. The Morgan fingerprint density at radius 2 is 2.10 bits per heavy atom. The molecule has 0 amide bonds. The smallest absolute Gasteiger partial charge is 0.152 e. The van der Waals surface area contributed by atoms with Gasteiger partial charge in [0.2, 0.25) is 0 Å². The highest BCUT2D eigenvalue weighted by atomic mass is 16.1. The maximum atomic E-state index is 10.4. The van der Waals surface area contributed by atoms with Crippen LogP contribution in [-0.4, -0.2) is 5.78 Å². The van der Waals surface area contributed by atoms with Crippen molar-refractivity contribution in [2.24, 2.45) is 5.92 Å². The van der Waals surface area contributed by atoms with Gasteiger partial charge < -0.3 is 0 Å². The van der Waals surface area contributed by atoms with E-state index in [1.807, 2.05) is 6.08 Å². The fourth-order valence-electron chi connectivity index (χ4n) is 0.701. The van der Waals surface area contributed by atoms with Crippen LogP contribution in [0.5, 0.6) is 0 Å². The van der Waals surface area contributed by atoms with Gasteiger partial charge in [-0.25, -0.2) is 0 Å². The summed E-state index contributed by atoms with van der Waals surface area (Å²) in [6.45, 7) is 1.56. The monoisotopic (exact) mass is 136 g/mol. The molecule has 1 rings (SSSR count). The lowest BCUT2D eigenvalue weighted by atomic mass is 10.3. The number of carbonyl (C=O) groups excluding carboxylic acids is 1. The van der Waals surface area contributed by atoms with E-state index < -0.39 is 0 Å². The Kier molecular flexibility index (Phi) is 2.43. The van der Waals surface area contributed by atoms with Crippen molar-refractivity contribution < 1.29 is 4.79 Å². The minimum Gasteiger partial charge on any atom is -0.295 e. The zero-order valence-corrected chi connectivity index (χ0v) is 6.21. The van der Waals surface area contributed by atoms with Crippen molar-refractivity contribution in [1.82, 2.24) is 0 Å². The summed E-state index contributed by atoms with van der Waals surface area (Å²) >= 11 is 0. The van der Waals surface area contributed by atoms with Gasteiger partial charge in [0, 0.05) is 0 Å². The van der Waals surface area contributed by atoms with Gasteiger partial charge in [-0.1, -0.05) is 18.2 Å². The topological polar surface area (TPSA) is 17.1 Å². The molecule has 54 valence electrons. The first-order valence-electron chi connectivity index (χ1n) is 3.64. The van der Waals surface area contributed by atoms with Gasteiger partial charge in [-0.2, -0.15) is 0 Å². The highest BCUT2D eigenvalue weighted by Crippen LogP contribution is 2.29. The van der Waals surface area contributed by atoms with Gasteiger partial charge in [0.15, 0.2) is 5.78 Å². The van der Waals surface area contributed by atoms with Gasteiger partial charge in [0.05, 0.1) is 0 Å². The van der Waals surface area contributed by atoms with Gasteiger partial charge >= 0.3 is 0 Å². The SMILES string of the molecule is CC(=O)/C=C/C=C/C1CC1. The number of ketones is 1. The predicted molar refractivity (Wildman–Crippen MR) is 41.7 cm³/mol. The van der Waals surface area contributed by atoms with E-state index in [1.54, 1.807) is 19.1 Å². The molecular formula is C9H12O. The second kappa shape index (κ2) is 3.35. The Balaban J connectivity index is 2.18. The summed E-state index contributed by atoms with van der Waals surface area (Å²) in [6.07, 6.45) is 10.1. The van der Waals surface area contributed by atoms with Crippen LogP contribution >= 0.6 is 0 Å². The number of carbonyl (C=O) groups is 1. The normalized spacial score (nSPS) is 18.9. The minimum absolute atomic E-state index is 0.112. The second-order valence-electron chi connectivity index (χ2n) is 2.69. The van der Waals surface area contributed by atoms with Crippen LogP contribution in [-0.2, 0) is 4.79 Å². The van der Waals surface area contributed by atoms with E-state index in [2.05, 4.69) is 6.08 Å². The largest absolute Gasteiger partial charge is 0.295 e. The third kappa shape index (κ3) is 3.23. The lowest BCUT2D eigenvalue weighted by Crippen LogP contribution is -1.77. The molecule has 0 aliphatic heterocycles. The quantitative estimate of drug-likeness (QED) is 0.429. The van der Waals surface area contributed by atoms with Crippen LogP contribution < -0.4 is 0 Å². The van der Waals surface area contributed by atoms with E-state index >= 15 is 0 Å². The fourth-order valence-corrected chi connectivity index (χ4v) is 0.701. The van der Waals surface area contributed by atoms with Crippen LogP contribution in [0.1, 0.15) is 19.8 Å². The van der Waals surface area contributed by atoms with Crippen molar-refractivity contribution in [2.75, 3.05) is 0 Å². The van der Waals surface area contributed by atoms with Crippen LogP contribution in [0.3, 0.4) is 0 Å². The fraction of sp³-hybridized carbons (Fsp3) is 0.444. The van der Waals surface area contributed by atoms with Crippen molar-refractivity contribution in [3.63, 3.8) is 0 Å². The lowest BCUT2D eigenvalue weighted by Gasteiger charge is -1.76. The second-order valence-corrected chi connectivity index (χ2v) is 2.69. The summed E-state index contributed by atoms with van der Waals surface area (Å²) in [6, 6.07) is 0. The summed E-state index contributed by atoms with van der Waals surface area (Å²) in [7, 11) is 0. The first-order valence-corrected chi connectivity index (χ1v) is 3.64. The highest BCUT2D eigenvalue weighted by Gasteiger charge is 2.16. The first kappa shape index (κ1) is 7.26. The molecule has 0 spiro atoms. The molecular weight excluding hydrogens is 124 g/mol. The van der Waals surface area contributed by atoms with Crippen LogP contribution in [0.4, 0.5) is 0 Å². The Labute approximate surface area is 61.4 Å². The van der Waals surface area contributed by atoms with Crippen LogP contribution in [0, 0.1) is 5.92 Å².